The second-order valence-electron chi connectivity index (χ2n) is 6.35. The van der Waals surface area contributed by atoms with Crippen LogP contribution >= 0.6 is 11.6 Å². The van der Waals surface area contributed by atoms with Gasteiger partial charge in [0.1, 0.15) is 17.5 Å². The van der Waals surface area contributed by atoms with Gasteiger partial charge in [0.2, 0.25) is 5.91 Å². The van der Waals surface area contributed by atoms with Crippen molar-refractivity contribution in [2.24, 2.45) is 0 Å². The number of benzene rings is 1. The maximum absolute atomic E-state index is 11.9. The van der Waals surface area contributed by atoms with Gasteiger partial charge in [-0.15, -0.1) is 0 Å². The molecule has 0 saturated carbocycles. The van der Waals surface area contributed by atoms with Gasteiger partial charge in [-0.1, -0.05) is 24.6 Å². The minimum Gasteiger partial charge on any atom is -0.351 e. The smallest absolute Gasteiger partial charge is 0.222 e. The largest absolute Gasteiger partial charge is 0.351 e. The van der Waals surface area contributed by atoms with Crippen molar-refractivity contribution < 1.29 is 4.79 Å². The van der Waals surface area contributed by atoms with E-state index >= 15 is 0 Å². The third kappa shape index (κ3) is 3.52. The summed E-state index contributed by atoms with van der Waals surface area (Å²) in [5, 5.41) is 12.2. The molecule has 1 fully saturated rings. The van der Waals surface area contributed by atoms with Gasteiger partial charge in [0.05, 0.1) is 0 Å². The molecule has 1 aliphatic rings. The lowest BCUT2D eigenvalue weighted by Crippen LogP contribution is -2.48. The number of amides is 1. The summed E-state index contributed by atoms with van der Waals surface area (Å²) >= 11 is 6.08. The molecule has 8 nitrogen and oxygen atoms in total. The fourth-order valence-electron chi connectivity index (χ4n) is 3.26. The van der Waals surface area contributed by atoms with E-state index in [1.165, 1.54) is 6.33 Å². The van der Waals surface area contributed by atoms with E-state index in [2.05, 4.69) is 30.4 Å². The van der Waals surface area contributed by atoms with Crippen molar-refractivity contribution >= 4 is 45.9 Å². The number of nitrogens with one attached hydrogen (secondary N) is 2. The van der Waals surface area contributed by atoms with Gasteiger partial charge in [-0.25, -0.2) is 9.97 Å². The predicted octanol–water partition coefficient (Wildman–Crippen LogP) is 2.81. The highest BCUT2D eigenvalue weighted by Crippen LogP contribution is 2.31. The molecule has 1 aromatic carbocycles. The molecule has 9 heteroatoms. The number of hydrogen-bond donors (Lipinski definition) is 2. The van der Waals surface area contributed by atoms with Gasteiger partial charge in [0, 0.05) is 43.3 Å². The first-order valence-corrected chi connectivity index (χ1v) is 9.28. The number of nitrogens with zero attached hydrogens (tertiary/aromatic N) is 5. The van der Waals surface area contributed by atoms with E-state index in [-0.39, 0.29) is 5.91 Å². The Balaban J connectivity index is 1.62. The molecule has 3 aromatic rings. The number of halogens is 1. The van der Waals surface area contributed by atoms with Crippen LogP contribution in [0.15, 0.2) is 30.6 Å². The summed E-state index contributed by atoms with van der Waals surface area (Å²) < 4.78 is 0. The molecule has 0 atom stereocenters. The number of hydrogen-bond acceptors (Lipinski definition) is 6. The Labute approximate surface area is 161 Å². The Morgan fingerprint density at radius 3 is 2.81 bits per heavy atom. The molecule has 0 spiro atoms. The van der Waals surface area contributed by atoms with E-state index in [0.29, 0.717) is 36.0 Å². The van der Waals surface area contributed by atoms with Crippen molar-refractivity contribution in [2.75, 3.05) is 36.4 Å². The molecule has 2 N–H and O–H groups in total. The van der Waals surface area contributed by atoms with Crippen molar-refractivity contribution in [3.63, 3.8) is 0 Å². The molecule has 0 radical (unpaired) electrons. The van der Waals surface area contributed by atoms with Crippen LogP contribution in [-0.4, -0.2) is 57.2 Å². The molecule has 4 rings (SSSR count). The number of anilines is 3. The molecular formula is C18H20ClN7O. The summed E-state index contributed by atoms with van der Waals surface area (Å²) in [4.78, 5) is 24.6. The zero-order valence-electron chi connectivity index (χ0n) is 14.9. The van der Waals surface area contributed by atoms with Crippen molar-refractivity contribution in [1.82, 2.24) is 25.1 Å². The van der Waals surface area contributed by atoms with Crippen LogP contribution in [0.5, 0.6) is 0 Å². The molecule has 27 heavy (non-hydrogen) atoms. The van der Waals surface area contributed by atoms with Gasteiger partial charge in [-0.2, -0.15) is 5.10 Å². The number of carbonyl (C=O) groups excluding carboxylic acids is 1. The minimum absolute atomic E-state index is 0.188. The summed E-state index contributed by atoms with van der Waals surface area (Å²) in [5.74, 6) is 1.64. The van der Waals surface area contributed by atoms with Gasteiger partial charge >= 0.3 is 0 Å². The number of piperazine rings is 1. The highest BCUT2D eigenvalue weighted by molar-refractivity contribution is 6.30. The Morgan fingerprint density at radius 1 is 1.26 bits per heavy atom. The third-order valence-corrected chi connectivity index (χ3v) is 4.90. The van der Waals surface area contributed by atoms with E-state index in [1.807, 2.05) is 36.1 Å². The lowest BCUT2D eigenvalue weighted by atomic mass is 10.2. The van der Waals surface area contributed by atoms with Gasteiger partial charge in [-0.3, -0.25) is 9.89 Å². The molecule has 1 saturated heterocycles. The summed E-state index contributed by atoms with van der Waals surface area (Å²) in [6.45, 7) is 4.70. The van der Waals surface area contributed by atoms with E-state index in [0.717, 1.165) is 30.0 Å². The van der Waals surface area contributed by atoms with Crippen LogP contribution in [0.2, 0.25) is 5.02 Å². The molecular weight excluding hydrogens is 366 g/mol. The maximum atomic E-state index is 11.9. The number of carbonyl (C=O) groups is 1. The fourth-order valence-corrected chi connectivity index (χ4v) is 3.45. The van der Waals surface area contributed by atoms with Gasteiger partial charge in [0.15, 0.2) is 11.5 Å². The second kappa shape index (κ2) is 7.40. The van der Waals surface area contributed by atoms with Gasteiger partial charge < -0.3 is 15.1 Å². The van der Waals surface area contributed by atoms with Crippen LogP contribution in [-0.2, 0) is 4.79 Å². The standard InChI is InChI=1S/C18H20ClN7O/c1-2-14(27)25-6-8-26(9-7-25)18-15-16(20-11-21-17(15)23-24-18)22-13-5-3-4-12(19)10-13/h3-5,10-11H,2,6-9H2,1H3,(H2,20,21,22,23,24). The number of aromatic amines is 1. The first-order chi connectivity index (χ1) is 13.2. The summed E-state index contributed by atoms with van der Waals surface area (Å²) in [7, 11) is 0. The van der Waals surface area contributed by atoms with E-state index in [4.69, 9.17) is 11.6 Å². The first-order valence-electron chi connectivity index (χ1n) is 8.90. The predicted molar refractivity (Wildman–Crippen MR) is 106 cm³/mol. The van der Waals surface area contributed by atoms with E-state index in [1.54, 1.807) is 0 Å². The lowest BCUT2D eigenvalue weighted by molar-refractivity contribution is -0.131. The van der Waals surface area contributed by atoms with Crippen molar-refractivity contribution in [2.45, 2.75) is 13.3 Å². The topological polar surface area (TPSA) is 90.0 Å². The van der Waals surface area contributed by atoms with Crippen molar-refractivity contribution in [3.05, 3.63) is 35.6 Å². The maximum Gasteiger partial charge on any atom is 0.222 e. The monoisotopic (exact) mass is 385 g/mol. The molecule has 0 bridgehead atoms. The quantitative estimate of drug-likeness (QED) is 0.717. The van der Waals surface area contributed by atoms with Crippen LogP contribution in [0.25, 0.3) is 11.0 Å². The summed E-state index contributed by atoms with van der Waals surface area (Å²) in [6, 6.07) is 7.46. The second-order valence-corrected chi connectivity index (χ2v) is 6.79. The van der Waals surface area contributed by atoms with Crippen LogP contribution in [0.4, 0.5) is 17.3 Å². The third-order valence-electron chi connectivity index (χ3n) is 4.66. The van der Waals surface area contributed by atoms with Gasteiger partial charge in [0.25, 0.3) is 0 Å². The lowest BCUT2D eigenvalue weighted by Gasteiger charge is -2.35. The minimum atomic E-state index is 0.188. The summed E-state index contributed by atoms with van der Waals surface area (Å²) in [6.07, 6.45) is 2.03. The van der Waals surface area contributed by atoms with Crippen LogP contribution < -0.4 is 10.2 Å². The molecule has 140 valence electrons. The number of aromatic nitrogens is 4. The highest BCUT2D eigenvalue weighted by atomic mass is 35.5. The Morgan fingerprint density at radius 2 is 2.07 bits per heavy atom. The van der Waals surface area contributed by atoms with E-state index < -0.39 is 0 Å². The number of rotatable bonds is 4. The first kappa shape index (κ1) is 17.5. The van der Waals surface area contributed by atoms with Crippen molar-refractivity contribution in [3.8, 4) is 0 Å². The van der Waals surface area contributed by atoms with Crippen LogP contribution in [0.3, 0.4) is 0 Å². The highest BCUT2D eigenvalue weighted by Gasteiger charge is 2.24. The summed E-state index contributed by atoms with van der Waals surface area (Å²) in [5.41, 5.74) is 1.50. The average molecular weight is 386 g/mol. The Bertz CT molecular complexity index is 965. The number of fused-ring (bicyclic) bond motifs is 1. The van der Waals surface area contributed by atoms with Gasteiger partial charge in [-0.05, 0) is 18.2 Å². The zero-order valence-corrected chi connectivity index (χ0v) is 15.7. The molecule has 1 aliphatic heterocycles. The Hall–Kier alpha value is -2.87. The normalized spacial score (nSPS) is 14.6. The Kier molecular flexibility index (Phi) is 4.81. The molecule has 0 unspecified atom stereocenters. The van der Waals surface area contributed by atoms with Crippen LogP contribution in [0, 0.1) is 0 Å². The molecule has 1 amide bonds. The van der Waals surface area contributed by atoms with E-state index in [9.17, 15) is 4.79 Å². The fraction of sp³-hybridized carbons (Fsp3) is 0.333. The molecule has 3 heterocycles. The zero-order chi connectivity index (χ0) is 18.8. The molecule has 2 aromatic heterocycles. The van der Waals surface area contributed by atoms with Crippen LogP contribution in [0.1, 0.15) is 13.3 Å². The average Bonchev–Trinajstić information content (AvgIpc) is 3.13. The van der Waals surface area contributed by atoms with Crippen molar-refractivity contribution in [1.29, 1.82) is 0 Å². The molecule has 0 aliphatic carbocycles. The SMILES string of the molecule is CCC(=O)N1CCN(c2n[nH]c3ncnc(Nc4cccc(Cl)c4)c23)CC1. The number of H-pyrrole nitrogens is 1.